The minimum atomic E-state index is -0.708. The summed E-state index contributed by atoms with van der Waals surface area (Å²) in [5.41, 5.74) is 1.48. The van der Waals surface area contributed by atoms with E-state index >= 15 is 0 Å². The molecule has 1 atom stereocenters. The van der Waals surface area contributed by atoms with Crippen LogP contribution < -0.4 is 9.47 Å². The van der Waals surface area contributed by atoms with Gasteiger partial charge < -0.3 is 14.6 Å². The Balaban J connectivity index is 1.95. The monoisotopic (exact) mass is 346 g/mol. The van der Waals surface area contributed by atoms with Gasteiger partial charge in [-0.15, -0.1) is 11.6 Å². The zero-order valence-electron chi connectivity index (χ0n) is 13.3. The number of aliphatic hydroxyl groups excluding tert-OH is 1. The number of carbonyl (C=O) groups is 1. The van der Waals surface area contributed by atoms with Crippen LogP contribution in [-0.4, -0.2) is 36.6 Å². The third-order valence-corrected chi connectivity index (χ3v) is 3.66. The van der Waals surface area contributed by atoms with Crippen LogP contribution in [0.3, 0.4) is 0 Å². The van der Waals surface area contributed by atoms with Crippen LogP contribution in [0.1, 0.15) is 15.9 Å². The number of methoxy groups -OCH3 is 1. The molecule has 0 aliphatic rings. The molecule has 0 bridgehead atoms. The fourth-order valence-electron chi connectivity index (χ4n) is 1.94. The van der Waals surface area contributed by atoms with Crippen molar-refractivity contribution in [2.75, 3.05) is 19.6 Å². The molecule has 4 nitrogen and oxygen atoms in total. The first-order valence-corrected chi connectivity index (χ1v) is 7.99. The highest BCUT2D eigenvalue weighted by atomic mass is 35.5. The fraction of sp³-hybridized carbons (Fsp3) is 0.211. The Hall–Kier alpha value is -2.30. The molecular weight excluding hydrogens is 328 g/mol. The molecule has 24 heavy (non-hydrogen) atoms. The molecule has 1 unspecified atom stereocenters. The molecule has 0 radical (unpaired) electrons. The first-order chi connectivity index (χ1) is 11.6. The van der Waals surface area contributed by atoms with E-state index in [9.17, 15) is 9.90 Å². The molecule has 0 aliphatic carbocycles. The summed E-state index contributed by atoms with van der Waals surface area (Å²) in [5, 5.41) is 9.35. The van der Waals surface area contributed by atoms with Gasteiger partial charge in [-0.05, 0) is 48.0 Å². The maximum absolute atomic E-state index is 12.2. The standard InChI is InChI=1S/C19H19ClO4/c1-23-17-7-2-14(3-8-17)4-11-19(22)15-5-9-18(10-6-15)24-13-16(21)12-20/h2-11,16,21H,12-13H2,1H3/b11-4+. The van der Waals surface area contributed by atoms with Gasteiger partial charge in [-0.3, -0.25) is 4.79 Å². The van der Waals surface area contributed by atoms with E-state index in [2.05, 4.69) is 0 Å². The molecule has 0 spiro atoms. The maximum atomic E-state index is 12.2. The van der Waals surface area contributed by atoms with E-state index in [4.69, 9.17) is 21.1 Å². The van der Waals surface area contributed by atoms with Crippen LogP contribution in [0.2, 0.25) is 0 Å². The van der Waals surface area contributed by atoms with E-state index in [1.165, 1.54) is 6.08 Å². The average molecular weight is 347 g/mol. The molecule has 5 heteroatoms. The molecule has 0 amide bonds. The minimum Gasteiger partial charge on any atom is -0.497 e. The van der Waals surface area contributed by atoms with E-state index in [0.717, 1.165) is 11.3 Å². The number of carbonyl (C=O) groups excluding carboxylic acids is 1. The lowest BCUT2D eigenvalue weighted by molar-refractivity contribution is 0.104. The minimum absolute atomic E-state index is 0.0989. The molecule has 0 fully saturated rings. The van der Waals surface area contributed by atoms with Gasteiger partial charge in [0.1, 0.15) is 24.2 Å². The Bertz CT molecular complexity index is 678. The molecule has 0 heterocycles. The zero-order valence-corrected chi connectivity index (χ0v) is 14.1. The van der Waals surface area contributed by atoms with Gasteiger partial charge in [-0.25, -0.2) is 0 Å². The summed E-state index contributed by atoms with van der Waals surface area (Å²) in [7, 11) is 1.61. The normalized spacial score (nSPS) is 12.1. The molecular formula is C19H19ClO4. The van der Waals surface area contributed by atoms with Crippen LogP contribution in [0.25, 0.3) is 6.08 Å². The fourth-order valence-corrected chi connectivity index (χ4v) is 2.02. The second-order valence-electron chi connectivity index (χ2n) is 5.11. The Morgan fingerprint density at radius 1 is 1.12 bits per heavy atom. The van der Waals surface area contributed by atoms with Gasteiger partial charge in [0.25, 0.3) is 0 Å². The van der Waals surface area contributed by atoms with Crippen molar-refractivity contribution >= 4 is 23.5 Å². The first kappa shape index (κ1) is 18.0. The maximum Gasteiger partial charge on any atom is 0.185 e. The average Bonchev–Trinajstić information content (AvgIpc) is 2.64. The smallest absolute Gasteiger partial charge is 0.185 e. The van der Waals surface area contributed by atoms with E-state index in [1.807, 2.05) is 24.3 Å². The lowest BCUT2D eigenvalue weighted by atomic mass is 10.1. The highest BCUT2D eigenvalue weighted by molar-refractivity contribution is 6.18. The van der Waals surface area contributed by atoms with Crippen molar-refractivity contribution in [1.82, 2.24) is 0 Å². The van der Waals surface area contributed by atoms with Gasteiger partial charge in [0.05, 0.1) is 13.0 Å². The lowest BCUT2D eigenvalue weighted by Gasteiger charge is -2.09. The van der Waals surface area contributed by atoms with Crippen molar-refractivity contribution in [3.05, 3.63) is 65.7 Å². The van der Waals surface area contributed by atoms with Crippen molar-refractivity contribution in [3.8, 4) is 11.5 Å². The van der Waals surface area contributed by atoms with E-state index in [-0.39, 0.29) is 18.3 Å². The summed E-state index contributed by atoms with van der Waals surface area (Å²) in [6, 6.07) is 14.2. The molecule has 0 saturated heterocycles. The van der Waals surface area contributed by atoms with Crippen molar-refractivity contribution in [1.29, 1.82) is 0 Å². The summed E-state index contributed by atoms with van der Waals surface area (Å²) >= 11 is 5.50. The predicted molar refractivity (Wildman–Crippen MR) is 95.0 cm³/mol. The summed E-state index contributed by atoms with van der Waals surface area (Å²) in [5.74, 6) is 1.37. The Labute approximate surface area is 146 Å². The molecule has 1 N–H and O–H groups in total. The summed E-state index contributed by atoms with van der Waals surface area (Å²) in [6.45, 7) is 0.119. The van der Waals surface area contributed by atoms with Gasteiger partial charge in [0, 0.05) is 5.56 Å². The Morgan fingerprint density at radius 3 is 2.33 bits per heavy atom. The number of rotatable bonds is 8. The first-order valence-electron chi connectivity index (χ1n) is 7.45. The number of benzene rings is 2. The third kappa shape index (κ3) is 5.41. The van der Waals surface area contributed by atoms with Gasteiger partial charge in [-0.2, -0.15) is 0 Å². The number of ketones is 1. The summed E-state index contributed by atoms with van der Waals surface area (Å²) < 4.78 is 10.5. The van der Waals surface area contributed by atoms with Crippen molar-refractivity contribution in [2.24, 2.45) is 0 Å². The third-order valence-electron chi connectivity index (χ3n) is 3.30. The van der Waals surface area contributed by atoms with Crippen LogP contribution in [0.5, 0.6) is 11.5 Å². The van der Waals surface area contributed by atoms with Crippen LogP contribution >= 0.6 is 11.6 Å². The van der Waals surface area contributed by atoms with Gasteiger partial charge in [-0.1, -0.05) is 18.2 Å². The van der Waals surface area contributed by atoms with Crippen LogP contribution in [-0.2, 0) is 0 Å². The van der Waals surface area contributed by atoms with Crippen LogP contribution in [0.15, 0.2) is 54.6 Å². The number of halogens is 1. The number of ether oxygens (including phenoxy) is 2. The van der Waals surface area contributed by atoms with Gasteiger partial charge in [0.15, 0.2) is 5.78 Å². The number of aliphatic hydroxyl groups is 1. The largest absolute Gasteiger partial charge is 0.497 e. The van der Waals surface area contributed by atoms with E-state index < -0.39 is 6.10 Å². The van der Waals surface area contributed by atoms with E-state index in [0.29, 0.717) is 11.3 Å². The Morgan fingerprint density at radius 2 is 1.75 bits per heavy atom. The summed E-state index contributed by atoms with van der Waals surface area (Å²) in [4.78, 5) is 12.2. The second-order valence-corrected chi connectivity index (χ2v) is 5.42. The van der Waals surface area contributed by atoms with Gasteiger partial charge in [0.2, 0.25) is 0 Å². The molecule has 126 valence electrons. The summed E-state index contributed by atoms with van der Waals surface area (Å²) in [6.07, 6.45) is 2.57. The van der Waals surface area contributed by atoms with Crippen molar-refractivity contribution < 1.29 is 19.4 Å². The molecule has 2 rings (SSSR count). The van der Waals surface area contributed by atoms with Gasteiger partial charge >= 0.3 is 0 Å². The number of allylic oxidation sites excluding steroid dienone is 1. The topological polar surface area (TPSA) is 55.8 Å². The SMILES string of the molecule is COc1ccc(/C=C/C(=O)c2ccc(OCC(O)CCl)cc2)cc1. The van der Waals surface area contributed by atoms with Crippen LogP contribution in [0.4, 0.5) is 0 Å². The van der Waals surface area contributed by atoms with E-state index in [1.54, 1.807) is 37.5 Å². The molecule has 0 aliphatic heterocycles. The lowest BCUT2D eigenvalue weighted by Crippen LogP contribution is -2.18. The quantitative estimate of drug-likeness (QED) is 0.451. The molecule has 2 aromatic carbocycles. The molecule has 0 saturated carbocycles. The molecule has 0 aromatic heterocycles. The highest BCUT2D eigenvalue weighted by Crippen LogP contribution is 2.15. The number of hydrogen-bond donors (Lipinski definition) is 1. The number of alkyl halides is 1. The van der Waals surface area contributed by atoms with Crippen molar-refractivity contribution in [3.63, 3.8) is 0 Å². The molecule has 2 aromatic rings. The van der Waals surface area contributed by atoms with Crippen LogP contribution in [0, 0.1) is 0 Å². The van der Waals surface area contributed by atoms with Crippen molar-refractivity contribution in [2.45, 2.75) is 6.10 Å². The zero-order chi connectivity index (χ0) is 17.4. The Kier molecular flexibility index (Phi) is 6.85. The highest BCUT2D eigenvalue weighted by Gasteiger charge is 2.05. The predicted octanol–water partition coefficient (Wildman–Crippen LogP) is 3.57. The second kappa shape index (κ2) is 9.11. The number of hydrogen-bond acceptors (Lipinski definition) is 4.